The molecule has 1 amide bonds. The van der Waals surface area contributed by atoms with Crippen molar-refractivity contribution in [1.29, 1.82) is 0 Å². The Morgan fingerprint density at radius 3 is 2.66 bits per heavy atom. The smallest absolute Gasteiger partial charge is 0.255 e. The minimum absolute atomic E-state index is 0.214. The summed E-state index contributed by atoms with van der Waals surface area (Å²) >= 11 is 0. The number of carbonyl (C=O) groups is 1. The molecule has 4 rings (SSSR count). The van der Waals surface area contributed by atoms with Crippen molar-refractivity contribution in [3.05, 3.63) is 102 Å². The molecule has 0 atom stereocenters. The van der Waals surface area contributed by atoms with E-state index >= 15 is 0 Å². The van der Waals surface area contributed by atoms with Crippen molar-refractivity contribution in [3.8, 4) is 11.3 Å². The first-order valence-corrected chi connectivity index (χ1v) is 12.7. The van der Waals surface area contributed by atoms with E-state index in [9.17, 15) is 4.79 Å². The van der Waals surface area contributed by atoms with E-state index < -0.39 is 0 Å². The zero-order valence-electron chi connectivity index (χ0n) is 22.3. The van der Waals surface area contributed by atoms with E-state index in [1.165, 1.54) is 5.57 Å². The Kier molecular flexibility index (Phi) is 9.13. The predicted molar refractivity (Wildman–Crippen MR) is 153 cm³/mol. The molecule has 0 unspecified atom stereocenters. The lowest BCUT2D eigenvalue weighted by Crippen LogP contribution is -2.44. The Morgan fingerprint density at radius 1 is 1.11 bits per heavy atom. The third-order valence-electron chi connectivity index (χ3n) is 6.45. The largest absolute Gasteiger partial charge is 0.324 e. The summed E-state index contributed by atoms with van der Waals surface area (Å²) in [4.78, 5) is 31.0. The standard InChI is InChI=1S/C30H35N7O/c1-5-26(11-8-22(2)21-37-17-15-36(4)16-18-37)33-29(38)24-10-9-23(3)28(19-24)35-30-32-14-12-27(34-30)25-7-6-13-31-20-25/h5-14,19-20H,1,15-18,21H2,2-4H3,(H,33,38)(H,32,34,35)/b22-8+,26-11+. The quantitative estimate of drug-likeness (QED) is 0.408. The van der Waals surface area contributed by atoms with E-state index in [1.54, 1.807) is 36.8 Å². The number of pyridine rings is 1. The number of piperazine rings is 1. The molecule has 0 spiro atoms. The van der Waals surface area contributed by atoms with Crippen molar-refractivity contribution in [3.63, 3.8) is 0 Å². The first-order valence-electron chi connectivity index (χ1n) is 12.7. The zero-order chi connectivity index (χ0) is 26.9. The predicted octanol–water partition coefficient (Wildman–Crippen LogP) is 4.58. The van der Waals surface area contributed by atoms with Gasteiger partial charge in [-0.3, -0.25) is 14.7 Å². The Labute approximate surface area is 224 Å². The third kappa shape index (κ3) is 7.44. The number of hydrogen-bond donors (Lipinski definition) is 2. The SMILES string of the molecule is C=C/C(=C\C=C(/C)CN1CCN(C)CC1)NC(=O)c1ccc(C)c(Nc2nccc(-c3cccnc3)n2)c1. The number of carbonyl (C=O) groups excluding carboxylic acids is 1. The van der Waals surface area contributed by atoms with Crippen LogP contribution in [0.2, 0.25) is 0 Å². The van der Waals surface area contributed by atoms with Crippen molar-refractivity contribution in [2.75, 3.05) is 45.1 Å². The normalized spacial score (nSPS) is 15.2. The average Bonchev–Trinajstić information content (AvgIpc) is 2.94. The van der Waals surface area contributed by atoms with Gasteiger partial charge in [-0.2, -0.15) is 0 Å². The molecule has 38 heavy (non-hydrogen) atoms. The second kappa shape index (κ2) is 12.9. The maximum atomic E-state index is 13.1. The summed E-state index contributed by atoms with van der Waals surface area (Å²) in [6, 6.07) is 11.2. The number of allylic oxidation sites excluding steroid dienone is 3. The molecule has 1 fully saturated rings. The van der Waals surface area contributed by atoms with E-state index in [4.69, 9.17) is 0 Å². The van der Waals surface area contributed by atoms with Crippen LogP contribution in [0, 0.1) is 6.92 Å². The van der Waals surface area contributed by atoms with Gasteiger partial charge < -0.3 is 15.5 Å². The van der Waals surface area contributed by atoms with Gasteiger partial charge in [0.1, 0.15) is 0 Å². The third-order valence-corrected chi connectivity index (χ3v) is 6.45. The molecular weight excluding hydrogens is 474 g/mol. The van der Waals surface area contributed by atoms with Gasteiger partial charge in [-0.15, -0.1) is 0 Å². The van der Waals surface area contributed by atoms with Crippen molar-refractivity contribution in [1.82, 2.24) is 30.1 Å². The molecule has 196 valence electrons. The zero-order valence-corrected chi connectivity index (χ0v) is 22.3. The van der Waals surface area contributed by atoms with Crippen LogP contribution in [0.5, 0.6) is 0 Å². The maximum absolute atomic E-state index is 13.1. The summed E-state index contributed by atoms with van der Waals surface area (Å²) < 4.78 is 0. The highest BCUT2D eigenvalue weighted by molar-refractivity contribution is 5.96. The molecule has 2 aromatic heterocycles. The minimum atomic E-state index is -0.214. The number of aromatic nitrogens is 3. The van der Waals surface area contributed by atoms with Crippen molar-refractivity contribution >= 4 is 17.5 Å². The molecule has 1 saturated heterocycles. The van der Waals surface area contributed by atoms with Crippen LogP contribution in [-0.2, 0) is 0 Å². The lowest BCUT2D eigenvalue weighted by Gasteiger charge is -2.32. The van der Waals surface area contributed by atoms with E-state index in [1.807, 2.05) is 43.3 Å². The number of rotatable bonds is 9. The summed E-state index contributed by atoms with van der Waals surface area (Å²) in [5.74, 6) is 0.231. The highest BCUT2D eigenvalue weighted by atomic mass is 16.1. The molecular formula is C30H35N7O. The summed E-state index contributed by atoms with van der Waals surface area (Å²) in [6.45, 7) is 13.2. The Morgan fingerprint density at radius 2 is 1.92 bits per heavy atom. The number of benzene rings is 1. The molecule has 1 aliphatic rings. The van der Waals surface area contributed by atoms with Gasteiger partial charge >= 0.3 is 0 Å². The van der Waals surface area contributed by atoms with Crippen LogP contribution < -0.4 is 10.6 Å². The fourth-order valence-electron chi connectivity index (χ4n) is 4.12. The number of nitrogens with zero attached hydrogens (tertiary/aromatic N) is 5. The molecule has 0 bridgehead atoms. The Hall–Kier alpha value is -4.14. The van der Waals surface area contributed by atoms with Crippen molar-refractivity contribution < 1.29 is 4.79 Å². The fourth-order valence-corrected chi connectivity index (χ4v) is 4.12. The van der Waals surface area contributed by atoms with Gasteiger partial charge in [-0.05, 0) is 68.9 Å². The topological polar surface area (TPSA) is 86.3 Å². The molecule has 0 aliphatic carbocycles. The van der Waals surface area contributed by atoms with Gasteiger partial charge in [0, 0.05) is 73.8 Å². The number of aryl methyl sites for hydroxylation is 1. The first kappa shape index (κ1) is 26.9. The number of likely N-dealkylation sites (N-methyl/N-ethyl adjacent to an activating group) is 1. The number of anilines is 2. The monoisotopic (exact) mass is 509 g/mol. The van der Waals surface area contributed by atoms with Gasteiger partial charge in [-0.25, -0.2) is 9.97 Å². The van der Waals surface area contributed by atoms with Gasteiger partial charge in [-0.1, -0.05) is 24.3 Å². The molecule has 8 nitrogen and oxygen atoms in total. The van der Waals surface area contributed by atoms with E-state index in [0.717, 1.165) is 55.2 Å². The summed E-state index contributed by atoms with van der Waals surface area (Å²) in [6.07, 6.45) is 10.8. The second-order valence-electron chi connectivity index (χ2n) is 9.53. The number of hydrogen-bond acceptors (Lipinski definition) is 7. The Balaban J connectivity index is 1.42. The molecule has 0 radical (unpaired) electrons. The Bertz CT molecular complexity index is 1330. The molecule has 2 N–H and O–H groups in total. The molecule has 1 aliphatic heterocycles. The van der Waals surface area contributed by atoms with Gasteiger partial charge in [0.05, 0.1) is 5.69 Å². The molecule has 3 heterocycles. The van der Waals surface area contributed by atoms with Crippen molar-refractivity contribution in [2.45, 2.75) is 13.8 Å². The van der Waals surface area contributed by atoms with Crippen molar-refractivity contribution in [2.24, 2.45) is 0 Å². The van der Waals surface area contributed by atoms with Gasteiger partial charge in [0.2, 0.25) is 5.95 Å². The molecule has 3 aromatic rings. The maximum Gasteiger partial charge on any atom is 0.255 e. The van der Waals surface area contributed by atoms with Gasteiger partial charge in [0.15, 0.2) is 0 Å². The first-order chi connectivity index (χ1) is 18.4. The highest BCUT2D eigenvalue weighted by Crippen LogP contribution is 2.22. The lowest BCUT2D eigenvalue weighted by molar-refractivity contribution is 0.0967. The number of nitrogens with one attached hydrogen (secondary N) is 2. The van der Waals surface area contributed by atoms with Crippen LogP contribution >= 0.6 is 0 Å². The summed E-state index contributed by atoms with van der Waals surface area (Å²) in [5.41, 5.74) is 5.80. The summed E-state index contributed by atoms with van der Waals surface area (Å²) in [5, 5.41) is 6.21. The van der Waals surface area contributed by atoms with Crippen LogP contribution in [0.25, 0.3) is 11.3 Å². The van der Waals surface area contributed by atoms with Crippen LogP contribution in [0.1, 0.15) is 22.8 Å². The van der Waals surface area contributed by atoms with Crippen LogP contribution in [0.15, 0.2) is 91.1 Å². The van der Waals surface area contributed by atoms with E-state index in [2.05, 4.69) is 55.9 Å². The number of amides is 1. The minimum Gasteiger partial charge on any atom is -0.324 e. The summed E-state index contributed by atoms with van der Waals surface area (Å²) in [7, 11) is 2.16. The molecule has 0 saturated carbocycles. The average molecular weight is 510 g/mol. The highest BCUT2D eigenvalue weighted by Gasteiger charge is 2.14. The van der Waals surface area contributed by atoms with Crippen LogP contribution in [-0.4, -0.2) is 70.4 Å². The second-order valence-corrected chi connectivity index (χ2v) is 9.53. The van der Waals surface area contributed by atoms with E-state index in [-0.39, 0.29) is 5.91 Å². The molecule has 8 heteroatoms. The van der Waals surface area contributed by atoms with Crippen LogP contribution in [0.4, 0.5) is 11.6 Å². The fraction of sp³-hybridized carbons (Fsp3) is 0.267. The van der Waals surface area contributed by atoms with Crippen LogP contribution in [0.3, 0.4) is 0 Å². The lowest BCUT2D eigenvalue weighted by atomic mass is 10.1. The molecule has 1 aromatic carbocycles. The van der Waals surface area contributed by atoms with Gasteiger partial charge in [0.25, 0.3) is 5.91 Å². The van der Waals surface area contributed by atoms with E-state index in [0.29, 0.717) is 17.2 Å².